The fraction of sp³-hybridized carbons (Fsp3) is 0.565. The second-order valence-corrected chi connectivity index (χ2v) is 8.39. The number of hydrogen-bond donors (Lipinski definition) is 0. The molecular formula is C23H33N5O. The van der Waals surface area contributed by atoms with Gasteiger partial charge in [-0.3, -0.25) is 4.90 Å². The summed E-state index contributed by atoms with van der Waals surface area (Å²) >= 11 is 0. The van der Waals surface area contributed by atoms with Crippen molar-refractivity contribution in [3.63, 3.8) is 0 Å². The van der Waals surface area contributed by atoms with Crippen LogP contribution in [0.3, 0.4) is 0 Å². The topological polar surface area (TPSA) is 44.7 Å². The van der Waals surface area contributed by atoms with E-state index in [-0.39, 0.29) is 0 Å². The van der Waals surface area contributed by atoms with Crippen molar-refractivity contribution in [1.29, 1.82) is 0 Å². The molecule has 0 bridgehead atoms. The van der Waals surface area contributed by atoms with E-state index in [1.54, 1.807) is 0 Å². The van der Waals surface area contributed by atoms with Gasteiger partial charge in [-0.2, -0.15) is 4.98 Å². The zero-order valence-corrected chi connectivity index (χ0v) is 18.0. The van der Waals surface area contributed by atoms with Crippen molar-refractivity contribution in [2.45, 2.75) is 39.3 Å². The molecule has 6 heteroatoms. The molecule has 0 aliphatic carbocycles. The van der Waals surface area contributed by atoms with Crippen LogP contribution in [0.2, 0.25) is 0 Å². The van der Waals surface area contributed by atoms with Crippen LogP contribution < -0.4 is 9.80 Å². The van der Waals surface area contributed by atoms with E-state index in [0.717, 1.165) is 51.2 Å². The fourth-order valence-corrected chi connectivity index (χ4v) is 4.34. The van der Waals surface area contributed by atoms with E-state index in [9.17, 15) is 0 Å². The molecule has 1 aromatic carbocycles. The third kappa shape index (κ3) is 4.87. The number of hydrogen-bond acceptors (Lipinski definition) is 6. The summed E-state index contributed by atoms with van der Waals surface area (Å²) in [4.78, 5) is 16.5. The lowest BCUT2D eigenvalue weighted by molar-refractivity contribution is 0.122. The van der Waals surface area contributed by atoms with Gasteiger partial charge in [0.2, 0.25) is 5.95 Å². The van der Waals surface area contributed by atoms with Crippen molar-refractivity contribution in [3.8, 4) is 0 Å². The van der Waals surface area contributed by atoms with Crippen molar-refractivity contribution in [1.82, 2.24) is 14.9 Å². The van der Waals surface area contributed by atoms with Crippen LogP contribution in [-0.4, -0.2) is 67.4 Å². The van der Waals surface area contributed by atoms with Crippen LogP contribution in [0.1, 0.15) is 29.5 Å². The fourth-order valence-electron chi connectivity index (χ4n) is 4.34. The summed E-state index contributed by atoms with van der Waals surface area (Å²) in [7, 11) is 2.18. The van der Waals surface area contributed by atoms with E-state index in [1.165, 1.54) is 36.1 Å². The van der Waals surface area contributed by atoms with Crippen molar-refractivity contribution < 1.29 is 4.74 Å². The highest BCUT2D eigenvalue weighted by molar-refractivity contribution is 5.44. The lowest BCUT2D eigenvalue weighted by Crippen LogP contribution is -2.46. The molecule has 2 aromatic rings. The minimum Gasteiger partial charge on any atom is -0.378 e. The molecular weight excluding hydrogens is 362 g/mol. The van der Waals surface area contributed by atoms with E-state index in [2.05, 4.69) is 58.8 Å². The van der Waals surface area contributed by atoms with Crippen LogP contribution >= 0.6 is 0 Å². The number of piperidine rings is 1. The Kier molecular flexibility index (Phi) is 6.31. The van der Waals surface area contributed by atoms with Gasteiger partial charge in [0.1, 0.15) is 5.82 Å². The number of nitrogens with zero attached hydrogens (tertiary/aromatic N) is 5. The molecule has 1 atom stereocenters. The third-order valence-electron chi connectivity index (χ3n) is 6.21. The van der Waals surface area contributed by atoms with E-state index >= 15 is 0 Å². The van der Waals surface area contributed by atoms with Crippen LogP contribution in [0.25, 0.3) is 0 Å². The maximum Gasteiger partial charge on any atom is 0.227 e. The Morgan fingerprint density at radius 3 is 2.79 bits per heavy atom. The number of likely N-dealkylation sites (N-methyl/N-ethyl adjacent to an activating group) is 1. The number of benzene rings is 1. The van der Waals surface area contributed by atoms with E-state index in [0.29, 0.717) is 6.04 Å². The van der Waals surface area contributed by atoms with Crippen molar-refractivity contribution in [2.75, 3.05) is 56.2 Å². The van der Waals surface area contributed by atoms with Gasteiger partial charge in [-0.05, 0) is 50.4 Å². The number of ether oxygens (including phenoxy) is 1. The summed E-state index contributed by atoms with van der Waals surface area (Å²) in [6.07, 6.45) is 4.32. The van der Waals surface area contributed by atoms with E-state index < -0.39 is 0 Å². The summed E-state index contributed by atoms with van der Waals surface area (Å²) < 4.78 is 5.46. The highest BCUT2D eigenvalue weighted by Crippen LogP contribution is 2.23. The smallest absolute Gasteiger partial charge is 0.227 e. The lowest BCUT2D eigenvalue weighted by atomic mass is 10.0. The van der Waals surface area contributed by atoms with Gasteiger partial charge in [-0.1, -0.05) is 23.8 Å². The van der Waals surface area contributed by atoms with Crippen LogP contribution in [0.5, 0.6) is 0 Å². The zero-order valence-electron chi connectivity index (χ0n) is 18.0. The predicted molar refractivity (Wildman–Crippen MR) is 118 cm³/mol. The summed E-state index contributed by atoms with van der Waals surface area (Å²) in [5.74, 6) is 1.83. The molecule has 2 aliphatic heterocycles. The average molecular weight is 396 g/mol. The van der Waals surface area contributed by atoms with Gasteiger partial charge < -0.3 is 14.5 Å². The molecule has 3 heterocycles. The monoisotopic (exact) mass is 395 g/mol. The second kappa shape index (κ2) is 9.09. The molecule has 0 radical (unpaired) electrons. The molecule has 4 rings (SSSR count). The molecule has 0 saturated carbocycles. The Labute approximate surface area is 174 Å². The van der Waals surface area contributed by atoms with Gasteiger partial charge in [0, 0.05) is 45.5 Å². The van der Waals surface area contributed by atoms with Crippen LogP contribution in [0.4, 0.5) is 11.8 Å². The normalized spacial score (nSPS) is 20.7. The van der Waals surface area contributed by atoms with Crippen molar-refractivity contribution in [3.05, 3.63) is 47.2 Å². The number of rotatable bonds is 5. The Hall–Kier alpha value is -2.18. The highest BCUT2D eigenvalue weighted by atomic mass is 16.5. The van der Waals surface area contributed by atoms with Gasteiger partial charge >= 0.3 is 0 Å². The van der Waals surface area contributed by atoms with Crippen LogP contribution in [0.15, 0.2) is 30.5 Å². The Balaban J connectivity index is 1.43. The van der Waals surface area contributed by atoms with Crippen LogP contribution in [-0.2, 0) is 11.3 Å². The Morgan fingerprint density at radius 1 is 1.14 bits per heavy atom. The maximum absolute atomic E-state index is 5.46. The molecule has 0 spiro atoms. The molecule has 29 heavy (non-hydrogen) atoms. The standard InChI is InChI=1S/C23H33N5O/c1-18-6-7-19(2)20(15-18)16-27-10-4-5-21(17-27)26(3)22-8-9-24-23(25-22)28-11-13-29-14-12-28/h6-9,15,21H,4-5,10-14,16-17H2,1-3H3. The number of likely N-dealkylation sites (tertiary alicyclic amines) is 1. The summed E-state index contributed by atoms with van der Waals surface area (Å²) in [6, 6.07) is 9.29. The number of anilines is 2. The SMILES string of the molecule is Cc1ccc(C)c(CN2CCCC(N(C)c3ccnc(N4CCOCC4)n3)C2)c1. The number of morpholine rings is 1. The molecule has 2 aliphatic rings. The molecule has 2 fully saturated rings. The van der Waals surface area contributed by atoms with Crippen LogP contribution in [0, 0.1) is 13.8 Å². The van der Waals surface area contributed by atoms with Gasteiger partial charge in [0.15, 0.2) is 0 Å². The maximum atomic E-state index is 5.46. The molecule has 1 aromatic heterocycles. The lowest BCUT2D eigenvalue weighted by Gasteiger charge is -2.38. The average Bonchev–Trinajstić information content (AvgIpc) is 2.77. The van der Waals surface area contributed by atoms with Gasteiger partial charge in [0.25, 0.3) is 0 Å². The van der Waals surface area contributed by atoms with Crippen molar-refractivity contribution >= 4 is 11.8 Å². The first-order valence-corrected chi connectivity index (χ1v) is 10.8. The van der Waals surface area contributed by atoms with Gasteiger partial charge in [-0.25, -0.2) is 4.98 Å². The third-order valence-corrected chi connectivity index (χ3v) is 6.21. The largest absolute Gasteiger partial charge is 0.378 e. The summed E-state index contributed by atoms with van der Waals surface area (Å²) in [5.41, 5.74) is 4.18. The molecule has 0 amide bonds. The highest BCUT2D eigenvalue weighted by Gasteiger charge is 2.25. The molecule has 156 valence electrons. The second-order valence-electron chi connectivity index (χ2n) is 8.39. The molecule has 2 saturated heterocycles. The summed E-state index contributed by atoms with van der Waals surface area (Å²) in [5, 5.41) is 0. The predicted octanol–water partition coefficient (Wildman–Crippen LogP) is 3.03. The Bertz CT molecular complexity index is 821. The molecule has 0 N–H and O–H groups in total. The molecule has 6 nitrogen and oxygen atoms in total. The minimum atomic E-state index is 0.473. The first kappa shape index (κ1) is 20.1. The number of aromatic nitrogens is 2. The quantitative estimate of drug-likeness (QED) is 0.775. The minimum absolute atomic E-state index is 0.473. The summed E-state index contributed by atoms with van der Waals surface area (Å²) in [6.45, 7) is 10.9. The number of aryl methyl sites for hydroxylation is 2. The van der Waals surface area contributed by atoms with Gasteiger partial charge in [-0.15, -0.1) is 0 Å². The zero-order chi connectivity index (χ0) is 20.2. The molecule has 1 unspecified atom stereocenters. The van der Waals surface area contributed by atoms with Crippen molar-refractivity contribution in [2.24, 2.45) is 0 Å². The van der Waals surface area contributed by atoms with E-state index in [4.69, 9.17) is 9.72 Å². The van der Waals surface area contributed by atoms with E-state index in [1.807, 2.05) is 12.3 Å². The first-order valence-electron chi connectivity index (χ1n) is 10.8. The Morgan fingerprint density at radius 2 is 1.97 bits per heavy atom. The first-order chi connectivity index (χ1) is 14.1. The van der Waals surface area contributed by atoms with Gasteiger partial charge in [0.05, 0.1) is 13.2 Å².